The summed E-state index contributed by atoms with van der Waals surface area (Å²) in [5, 5.41) is 11.3. The molecule has 3 aromatic rings. The summed E-state index contributed by atoms with van der Waals surface area (Å²) in [7, 11) is 0. The van der Waals surface area contributed by atoms with Crippen molar-refractivity contribution in [2.45, 2.75) is 0 Å². The molecule has 0 spiro atoms. The van der Waals surface area contributed by atoms with E-state index in [-0.39, 0.29) is 37.5 Å². The van der Waals surface area contributed by atoms with Gasteiger partial charge in [-0.1, -0.05) is 35.3 Å². The lowest BCUT2D eigenvalue weighted by Crippen LogP contribution is -2.39. The molecule has 3 rings (SSSR count). The van der Waals surface area contributed by atoms with Crippen LogP contribution in [-0.2, 0) is 0 Å². The zero-order valence-electron chi connectivity index (χ0n) is 12.3. The third-order valence-corrected chi connectivity index (χ3v) is 4.03. The van der Waals surface area contributed by atoms with Gasteiger partial charge in [-0.15, -0.1) is 0 Å². The Bertz CT molecular complexity index is 1080. The molecule has 0 aliphatic carbocycles. The highest BCUT2D eigenvalue weighted by molar-refractivity contribution is 6.42. The molecule has 0 saturated heterocycles. The summed E-state index contributed by atoms with van der Waals surface area (Å²) in [5.41, 5.74) is -0.527. The molecule has 1 aromatic heterocycles. The van der Waals surface area contributed by atoms with E-state index in [0.717, 1.165) is 6.07 Å². The minimum absolute atomic E-state index is 0.0317. The molecule has 0 fully saturated rings. The average Bonchev–Trinajstić information content (AvgIpc) is 2.57. The van der Waals surface area contributed by atoms with Crippen LogP contribution in [0.2, 0.25) is 10.0 Å². The molecule has 126 valence electrons. The van der Waals surface area contributed by atoms with Crippen LogP contribution in [0.15, 0.2) is 57.8 Å². The van der Waals surface area contributed by atoms with Gasteiger partial charge in [0.25, 0.3) is 5.69 Å². The van der Waals surface area contributed by atoms with E-state index in [2.05, 4.69) is 0 Å². The van der Waals surface area contributed by atoms with Crippen LogP contribution in [0.1, 0.15) is 0 Å². The lowest BCUT2D eigenvalue weighted by Gasteiger charge is -2.00. The van der Waals surface area contributed by atoms with Crippen molar-refractivity contribution in [3.8, 4) is 17.0 Å². The van der Waals surface area contributed by atoms with Crippen LogP contribution in [0, 0.1) is 15.0 Å². The van der Waals surface area contributed by atoms with E-state index < -0.39 is 10.5 Å². The molecule has 0 unspecified atom stereocenters. The first-order chi connectivity index (χ1) is 11.9. The van der Waals surface area contributed by atoms with Crippen molar-refractivity contribution in [3.05, 3.63) is 84.0 Å². The monoisotopic (exact) mass is 380 g/mol. The van der Waals surface area contributed by atoms with E-state index in [9.17, 15) is 19.8 Å². The van der Waals surface area contributed by atoms with Crippen LogP contribution in [0.3, 0.4) is 0 Å². The van der Waals surface area contributed by atoms with Crippen molar-refractivity contribution in [2.75, 3.05) is 0 Å². The molecule has 0 saturated carbocycles. The van der Waals surface area contributed by atoms with Gasteiger partial charge in [0.2, 0.25) is 5.76 Å². The van der Waals surface area contributed by atoms with Crippen molar-refractivity contribution >= 4 is 28.9 Å². The second kappa shape index (κ2) is 6.50. The van der Waals surface area contributed by atoms with Gasteiger partial charge in [0, 0.05) is 22.4 Å². The maximum Gasteiger partial charge on any atom is 0.378 e. The van der Waals surface area contributed by atoms with Gasteiger partial charge in [0.15, 0.2) is 0 Å². The molecule has 0 atom stereocenters. The van der Waals surface area contributed by atoms with Crippen molar-refractivity contribution < 1.29 is 14.2 Å². The van der Waals surface area contributed by atoms with E-state index >= 15 is 0 Å². The van der Waals surface area contributed by atoms with E-state index in [4.69, 9.17) is 27.7 Å². The summed E-state index contributed by atoms with van der Waals surface area (Å²) >= 11 is 11.7. The number of non-ortho nitro benzene ring substituents is 1. The number of hydrogen-bond donors (Lipinski definition) is 0. The molecule has 0 amide bonds. The normalized spacial score (nSPS) is 10.6. The number of nitro benzene ring substituents is 1. The maximum atomic E-state index is 12.3. The first-order valence-corrected chi connectivity index (χ1v) is 7.53. The Morgan fingerprint density at radius 2 is 1.84 bits per heavy atom. The van der Waals surface area contributed by atoms with Gasteiger partial charge in [-0.05, 0) is 18.2 Å². The second-order valence-electron chi connectivity index (χ2n) is 4.89. The number of rotatable bonds is 3. The first kappa shape index (κ1) is 16.9. The molecule has 25 heavy (non-hydrogen) atoms. The first-order valence-electron chi connectivity index (χ1n) is 6.77. The van der Waals surface area contributed by atoms with Crippen LogP contribution in [0.4, 0.5) is 5.69 Å². The van der Waals surface area contributed by atoms with E-state index in [0.29, 0.717) is 4.68 Å². The smallest absolute Gasteiger partial charge is 0.263 e. The fourth-order valence-electron chi connectivity index (χ4n) is 2.15. The van der Waals surface area contributed by atoms with Crippen molar-refractivity contribution in [3.63, 3.8) is 0 Å². The van der Waals surface area contributed by atoms with Crippen LogP contribution in [-0.4, -0.2) is 9.61 Å². The summed E-state index contributed by atoms with van der Waals surface area (Å²) in [5.74, 6) is -0.111. The molecule has 0 bridgehead atoms. The topological polar surface area (TPSA) is 101 Å². The number of hydrogen-bond acceptors (Lipinski definition) is 5. The fraction of sp³-hybridized carbons (Fsp3) is 0. The Morgan fingerprint density at radius 3 is 2.48 bits per heavy atom. The minimum Gasteiger partial charge on any atom is -0.263 e. The summed E-state index contributed by atoms with van der Waals surface area (Å²) < 4.78 is 5.73. The fourth-order valence-corrected chi connectivity index (χ4v) is 2.44. The SMILES string of the molecule is O=c1cc(-c2cccc([N+](=O)[O-])c2)o[n+](=O)n1-c1ccc(Cl)c(Cl)c1. The van der Waals surface area contributed by atoms with E-state index in [1.165, 1.54) is 42.5 Å². The molecule has 2 aromatic carbocycles. The number of halogens is 2. The van der Waals surface area contributed by atoms with Crippen molar-refractivity contribution in [1.82, 2.24) is 4.68 Å². The van der Waals surface area contributed by atoms with Gasteiger partial charge in [-0.25, -0.2) is 0 Å². The Morgan fingerprint density at radius 1 is 1.08 bits per heavy atom. The van der Waals surface area contributed by atoms with Crippen LogP contribution < -0.4 is 10.3 Å². The average molecular weight is 381 g/mol. The molecule has 1 heterocycles. The molecule has 0 aliphatic rings. The number of aromatic nitrogens is 2. The summed E-state index contributed by atoms with van der Waals surface area (Å²) in [4.78, 5) is 34.7. The lowest BCUT2D eigenvalue weighted by molar-refractivity contribution is -0.775. The van der Waals surface area contributed by atoms with E-state index in [1.54, 1.807) is 0 Å². The van der Waals surface area contributed by atoms with Crippen LogP contribution >= 0.6 is 23.2 Å². The third-order valence-electron chi connectivity index (χ3n) is 3.29. The molecular weight excluding hydrogens is 373 g/mol. The Hall–Kier alpha value is -2.97. The quantitative estimate of drug-likeness (QED) is 0.512. The zero-order chi connectivity index (χ0) is 18.1. The lowest BCUT2D eigenvalue weighted by atomic mass is 10.1. The molecule has 10 heteroatoms. The Kier molecular flexibility index (Phi) is 4.39. The third kappa shape index (κ3) is 3.30. The highest BCUT2D eigenvalue weighted by Crippen LogP contribution is 2.24. The van der Waals surface area contributed by atoms with Crippen molar-refractivity contribution in [1.29, 1.82) is 0 Å². The van der Waals surface area contributed by atoms with Crippen LogP contribution in [0.5, 0.6) is 0 Å². The standard InChI is InChI=1S/C15H8Cl2N3O5/c16-12-5-4-10(7-13(12)17)18-15(21)8-14(25-20(18)24)9-2-1-3-11(6-9)19(22)23/h1-8H/q+1. The van der Waals surface area contributed by atoms with Crippen LogP contribution in [0.25, 0.3) is 17.0 Å². The summed E-state index contributed by atoms with van der Waals surface area (Å²) in [6.07, 6.45) is 0. The molecule has 8 nitrogen and oxygen atoms in total. The number of nitrogens with zero attached hydrogens (tertiary/aromatic N) is 3. The highest BCUT2D eigenvalue weighted by Gasteiger charge is 2.20. The van der Waals surface area contributed by atoms with Gasteiger partial charge in [-0.2, -0.15) is 4.52 Å². The summed E-state index contributed by atoms with van der Waals surface area (Å²) in [6, 6.07) is 10.6. The summed E-state index contributed by atoms with van der Waals surface area (Å²) in [6.45, 7) is 0. The maximum absolute atomic E-state index is 12.3. The molecule has 0 N–H and O–H groups in total. The predicted octanol–water partition coefficient (Wildman–Crippen LogP) is 3.23. The predicted molar refractivity (Wildman–Crippen MR) is 89.8 cm³/mol. The van der Waals surface area contributed by atoms with Gasteiger partial charge in [0.05, 0.1) is 21.0 Å². The zero-order valence-corrected chi connectivity index (χ0v) is 13.8. The van der Waals surface area contributed by atoms with E-state index in [1.807, 2.05) is 0 Å². The number of nitro groups is 1. The van der Waals surface area contributed by atoms with Gasteiger partial charge in [0.1, 0.15) is 10.6 Å². The minimum atomic E-state index is -0.707. The second-order valence-corrected chi connectivity index (χ2v) is 5.71. The molecular formula is C15H8Cl2N3O5+. The Labute approximate surface area is 149 Å². The molecule has 0 aliphatic heterocycles. The van der Waals surface area contributed by atoms with Gasteiger partial charge >= 0.3 is 10.3 Å². The van der Waals surface area contributed by atoms with Gasteiger partial charge in [-0.3, -0.25) is 14.9 Å². The largest absolute Gasteiger partial charge is 0.378 e. The Balaban J connectivity index is 2.14. The van der Waals surface area contributed by atoms with Gasteiger partial charge < -0.3 is 0 Å². The van der Waals surface area contributed by atoms with Crippen molar-refractivity contribution in [2.24, 2.45) is 0 Å². The molecule has 0 radical (unpaired) electrons. The number of benzene rings is 2. The highest BCUT2D eigenvalue weighted by atomic mass is 35.5.